The highest BCUT2D eigenvalue weighted by atomic mass is 16.2. The lowest BCUT2D eigenvalue weighted by Gasteiger charge is -2.30. The van der Waals surface area contributed by atoms with Gasteiger partial charge in [0.15, 0.2) is 0 Å². The van der Waals surface area contributed by atoms with Gasteiger partial charge in [0.2, 0.25) is 5.91 Å². The molecule has 28 heavy (non-hydrogen) atoms. The highest BCUT2D eigenvalue weighted by molar-refractivity contribution is 5.73. The van der Waals surface area contributed by atoms with E-state index in [9.17, 15) is 4.79 Å². The second kappa shape index (κ2) is 7.87. The van der Waals surface area contributed by atoms with Gasteiger partial charge in [-0.2, -0.15) is 0 Å². The molecule has 1 amide bonds. The van der Waals surface area contributed by atoms with Crippen molar-refractivity contribution in [3.63, 3.8) is 0 Å². The molecule has 1 fully saturated rings. The average molecular weight is 380 g/mol. The molecule has 2 aliphatic rings. The largest absolute Gasteiger partial charge is 0.373 e. The van der Waals surface area contributed by atoms with Crippen molar-refractivity contribution in [1.82, 2.24) is 19.8 Å². The Morgan fingerprint density at radius 1 is 1.25 bits per heavy atom. The lowest BCUT2D eigenvalue weighted by molar-refractivity contribution is -0.127. The number of aryl methyl sites for hydroxylation is 1. The minimum atomic E-state index is 0.140. The molecule has 3 heterocycles. The highest BCUT2D eigenvalue weighted by Gasteiger charge is 2.30. The molecule has 2 aliphatic heterocycles. The number of likely N-dealkylation sites (tertiary alicyclic amines) is 1. The molecule has 1 N–H and O–H groups in total. The second-order valence-corrected chi connectivity index (χ2v) is 7.94. The van der Waals surface area contributed by atoms with Crippen molar-refractivity contribution >= 4 is 11.7 Å². The molecule has 2 aromatic rings. The third kappa shape index (κ3) is 3.74. The normalized spacial score (nSPS) is 19.5. The summed E-state index contributed by atoms with van der Waals surface area (Å²) in [5, 5.41) is 3.29. The van der Waals surface area contributed by atoms with Crippen LogP contribution in [0.1, 0.15) is 47.5 Å². The van der Waals surface area contributed by atoms with Gasteiger partial charge in [-0.25, -0.2) is 9.97 Å². The Bertz CT molecular complexity index is 864. The number of benzene rings is 1. The number of carbonyl (C=O) groups is 1. The zero-order valence-corrected chi connectivity index (χ0v) is 17.0. The first-order valence-electron chi connectivity index (χ1n) is 10.1. The summed E-state index contributed by atoms with van der Waals surface area (Å²) in [6.07, 6.45) is 1.88. The quantitative estimate of drug-likeness (QED) is 0.885. The summed E-state index contributed by atoms with van der Waals surface area (Å²) in [5.41, 5.74) is 5.10. The van der Waals surface area contributed by atoms with Crippen LogP contribution in [0.15, 0.2) is 24.3 Å². The number of fused-ring (bicyclic) bond motifs is 1. The molecule has 1 unspecified atom stereocenters. The highest BCUT2D eigenvalue weighted by Crippen LogP contribution is 2.30. The topological polar surface area (TPSA) is 61.4 Å². The van der Waals surface area contributed by atoms with Crippen molar-refractivity contribution in [2.75, 3.05) is 32.0 Å². The predicted molar refractivity (Wildman–Crippen MR) is 110 cm³/mol. The lowest BCUT2D eigenvalue weighted by Crippen LogP contribution is -2.32. The SMILES string of the molecule is CNc1nc(C2CCN(C(C)=O)C2)nc2c1CN(Cc1ccccc1C)CC2. The molecule has 6 heteroatoms. The maximum Gasteiger partial charge on any atom is 0.219 e. The number of anilines is 1. The van der Waals surface area contributed by atoms with Crippen molar-refractivity contribution in [3.05, 3.63) is 52.5 Å². The van der Waals surface area contributed by atoms with E-state index in [4.69, 9.17) is 9.97 Å². The summed E-state index contributed by atoms with van der Waals surface area (Å²) < 4.78 is 0. The van der Waals surface area contributed by atoms with Crippen LogP contribution in [0.4, 0.5) is 5.82 Å². The zero-order chi connectivity index (χ0) is 19.7. The first kappa shape index (κ1) is 18.9. The first-order chi connectivity index (χ1) is 13.5. The van der Waals surface area contributed by atoms with Gasteiger partial charge in [0.05, 0.1) is 5.69 Å². The van der Waals surface area contributed by atoms with Crippen molar-refractivity contribution in [1.29, 1.82) is 0 Å². The van der Waals surface area contributed by atoms with Crippen LogP contribution in [0, 0.1) is 6.92 Å². The van der Waals surface area contributed by atoms with Crippen LogP contribution in [0.3, 0.4) is 0 Å². The second-order valence-electron chi connectivity index (χ2n) is 7.94. The van der Waals surface area contributed by atoms with E-state index in [2.05, 4.69) is 41.4 Å². The van der Waals surface area contributed by atoms with E-state index in [0.29, 0.717) is 0 Å². The van der Waals surface area contributed by atoms with Crippen molar-refractivity contribution < 1.29 is 4.79 Å². The number of hydrogen-bond donors (Lipinski definition) is 1. The van der Waals surface area contributed by atoms with Gasteiger partial charge >= 0.3 is 0 Å². The van der Waals surface area contributed by atoms with Gasteiger partial charge in [-0.1, -0.05) is 24.3 Å². The van der Waals surface area contributed by atoms with E-state index in [1.807, 2.05) is 11.9 Å². The van der Waals surface area contributed by atoms with E-state index in [0.717, 1.165) is 62.9 Å². The Morgan fingerprint density at radius 2 is 2.07 bits per heavy atom. The maximum absolute atomic E-state index is 11.7. The van der Waals surface area contributed by atoms with Gasteiger partial charge in [-0.05, 0) is 24.5 Å². The van der Waals surface area contributed by atoms with E-state index < -0.39 is 0 Å². The molecule has 1 aromatic heterocycles. The van der Waals surface area contributed by atoms with Crippen molar-refractivity contribution in [2.45, 2.75) is 45.7 Å². The molecular weight excluding hydrogens is 350 g/mol. The van der Waals surface area contributed by atoms with Gasteiger partial charge in [0.25, 0.3) is 0 Å². The van der Waals surface area contributed by atoms with Crippen molar-refractivity contribution in [3.8, 4) is 0 Å². The van der Waals surface area contributed by atoms with E-state index in [1.165, 1.54) is 16.7 Å². The van der Waals surface area contributed by atoms with Gasteiger partial charge in [0, 0.05) is 64.6 Å². The van der Waals surface area contributed by atoms with Crippen LogP contribution in [-0.2, 0) is 24.3 Å². The third-order valence-electron chi connectivity index (χ3n) is 6.05. The van der Waals surface area contributed by atoms with Crippen LogP contribution in [0.25, 0.3) is 0 Å². The summed E-state index contributed by atoms with van der Waals surface area (Å²) in [7, 11) is 1.93. The monoisotopic (exact) mass is 379 g/mol. The molecule has 0 aliphatic carbocycles. The smallest absolute Gasteiger partial charge is 0.219 e. The Balaban J connectivity index is 1.54. The van der Waals surface area contributed by atoms with Gasteiger partial charge in [-0.15, -0.1) is 0 Å². The predicted octanol–water partition coefficient (Wildman–Crippen LogP) is 2.72. The first-order valence-corrected chi connectivity index (χ1v) is 10.1. The molecule has 0 bridgehead atoms. The lowest BCUT2D eigenvalue weighted by atomic mass is 10.0. The van der Waals surface area contributed by atoms with Crippen molar-refractivity contribution in [2.24, 2.45) is 0 Å². The summed E-state index contributed by atoms with van der Waals surface area (Å²) in [6.45, 7) is 8.17. The average Bonchev–Trinajstić information content (AvgIpc) is 3.19. The fourth-order valence-electron chi connectivity index (χ4n) is 4.30. The summed E-state index contributed by atoms with van der Waals surface area (Å²) in [5.74, 6) is 2.21. The van der Waals surface area contributed by atoms with E-state index >= 15 is 0 Å². The zero-order valence-electron chi connectivity index (χ0n) is 17.0. The van der Waals surface area contributed by atoms with E-state index in [1.54, 1.807) is 6.92 Å². The standard InChI is InChI=1S/C22H29N5O/c1-15-6-4-5-7-17(15)12-26-10-9-20-19(14-26)22(23-3)25-21(24-20)18-8-11-27(13-18)16(2)28/h4-7,18H,8-14H2,1-3H3,(H,23,24,25). The molecule has 0 saturated carbocycles. The number of rotatable bonds is 4. The molecule has 1 aromatic carbocycles. The number of aromatic nitrogens is 2. The Morgan fingerprint density at radius 3 is 2.79 bits per heavy atom. The third-order valence-corrected chi connectivity index (χ3v) is 6.05. The fraction of sp³-hybridized carbons (Fsp3) is 0.500. The number of nitrogens with one attached hydrogen (secondary N) is 1. The van der Waals surface area contributed by atoms with Gasteiger partial charge < -0.3 is 10.2 Å². The molecular formula is C22H29N5O. The molecule has 6 nitrogen and oxygen atoms in total. The van der Waals surface area contributed by atoms with Crippen LogP contribution in [0.5, 0.6) is 0 Å². The number of hydrogen-bond acceptors (Lipinski definition) is 5. The summed E-state index contributed by atoms with van der Waals surface area (Å²) in [4.78, 5) is 25.8. The Hall–Kier alpha value is -2.47. The Kier molecular flexibility index (Phi) is 5.31. The number of nitrogens with zero attached hydrogens (tertiary/aromatic N) is 4. The molecule has 0 radical (unpaired) electrons. The van der Waals surface area contributed by atoms with Crippen LogP contribution in [0.2, 0.25) is 0 Å². The fourth-order valence-corrected chi connectivity index (χ4v) is 4.30. The minimum absolute atomic E-state index is 0.140. The van der Waals surface area contributed by atoms with Crippen LogP contribution in [-0.4, -0.2) is 52.4 Å². The van der Waals surface area contributed by atoms with Crippen LogP contribution < -0.4 is 5.32 Å². The summed E-state index contributed by atoms with van der Waals surface area (Å²) >= 11 is 0. The van der Waals surface area contributed by atoms with E-state index in [-0.39, 0.29) is 11.8 Å². The number of carbonyl (C=O) groups excluding carboxylic acids is 1. The molecule has 1 saturated heterocycles. The maximum atomic E-state index is 11.7. The van der Waals surface area contributed by atoms with Gasteiger partial charge in [0.1, 0.15) is 11.6 Å². The molecule has 1 atom stereocenters. The van der Waals surface area contributed by atoms with Crippen LogP contribution >= 0.6 is 0 Å². The Labute approximate surface area is 167 Å². The molecule has 148 valence electrons. The molecule has 0 spiro atoms. The van der Waals surface area contributed by atoms with Gasteiger partial charge in [-0.3, -0.25) is 9.69 Å². The summed E-state index contributed by atoms with van der Waals surface area (Å²) in [6, 6.07) is 8.59. The minimum Gasteiger partial charge on any atom is -0.373 e. The molecule has 4 rings (SSSR count). The number of amides is 1.